The van der Waals surface area contributed by atoms with E-state index in [-0.39, 0.29) is 46.2 Å². The summed E-state index contributed by atoms with van der Waals surface area (Å²) in [6.45, 7) is 1.87. The lowest BCUT2D eigenvalue weighted by atomic mass is 9.51. The van der Waals surface area contributed by atoms with Gasteiger partial charge in [-0.1, -0.05) is 24.3 Å². The minimum Gasteiger partial charge on any atom is -0.504 e. The lowest BCUT2D eigenvalue weighted by Gasteiger charge is -2.59. The Balaban J connectivity index is 1.09. The van der Waals surface area contributed by atoms with Gasteiger partial charge >= 0.3 is 0 Å². The molecule has 6 aliphatic rings. The van der Waals surface area contributed by atoms with E-state index in [9.17, 15) is 10.2 Å². The smallest absolute Gasteiger partial charge is 0.161 e. The number of ether oxygens (including phenoxy) is 2. The predicted octanol–water partition coefficient (Wildman–Crippen LogP) is 6.49. The van der Waals surface area contributed by atoms with Gasteiger partial charge in [0.05, 0.1) is 59.1 Å². The number of hydrogen-bond donors (Lipinski definition) is 2. The first-order valence-corrected chi connectivity index (χ1v) is 21.0. The fourth-order valence-electron chi connectivity index (χ4n) is 13.2. The Hall–Kier alpha value is -5.32. The molecule has 2 aliphatic heterocycles. The van der Waals surface area contributed by atoms with E-state index in [0.717, 1.165) is 119 Å². The van der Waals surface area contributed by atoms with E-state index in [2.05, 4.69) is 60.3 Å². The Morgan fingerprint density at radius 1 is 0.569 bits per heavy atom. The quantitative estimate of drug-likeness (QED) is 0.207. The number of phenolic OH excluding ortho intramolecular Hbond substituents is 2. The number of methoxy groups -OCH3 is 2. The molecule has 10 nitrogen and oxygen atoms in total. The second-order valence-electron chi connectivity index (χ2n) is 18.2. The molecule has 12 rings (SSSR count). The molecule has 294 valence electrons. The highest BCUT2D eigenvalue weighted by molar-refractivity contribution is 5.83. The van der Waals surface area contributed by atoms with Crippen LogP contribution in [-0.4, -0.2) is 93.4 Å². The number of phenols is 2. The fraction of sp³-hybridized carbons (Fsp3) is 0.417. The Labute approximate surface area is 337 Å². The number of likely N-dealkylation sites (N-methyl/N-ethyl adjacent to an activating group) is 2. The minimum atomic E-state index is -0.349. The van der Waals surface area contributed by atoms with Crippen molar-refractivity contribution in [1.29, 1.82) is 0 Å². The SMILES string of the molecule is COc1cc(-c2cc(OC)c(O)c3c2C[C@H]2[C@H]4Cc5nc6ccccc6nc5C[C@@]34CCN2C)c2c(c1O)[C@@]13CCN(C)[C@@H](C2)[C@H]1Cc1nc2ccccc2nc1C3. The molecule has 2 saturated heterocycles. The van der Waals surface area contributed by atoms with E-state index in [4.69, 9.17) is 29.4 Å². The van der Waals surface area contributed by atoms with E-state index in [0.29, 0.717) is 24.3 Å². The van der Waals surface area contributed by atoms with Crippen molar-refractivity contribution in [3.63, 3.8) is 0 Å². The zero-order valence-corrected chi connectivity index (χ0v) is 33.5. The first-order chi connectivity index (χ1) is 28.2. The molecule has 2 N–H and O–H groups in total. The van der Waals surface area contributed by atoms with E-state index in [1.54, 1.807) is 14.2 Å². The first kappa shape index (κ1) is 34.7. The van der Waals surface area contributed by atoms with Crippen molar-refractivity contribution < 1.29 is 19.7 Å². The number of nitrogens with zero attached hydrogens (tertiary/aromatic N) is 6. The molecule has 4 aliphatic carbocycles. The first-order valence-electron chi connectivity index (χ1n) is 21.0. The highest BCUT2D eigenvalue weighted by Crippen LogP contribution is 2.63. The van der Waals surface area contributed by atoms with Crippen LogP contribution >= 0.6 is 0 Å². The number of para-hydroxylation sites is 4. The summed E-state index contributed by atoms with van der Waals surface area (Å²) in [5.74, 6) is 1.96. The highest BCUT2D eigenvalue weighted by Gasteiger charge is 2.59. The summed E-state index contributed by atoms with van der Waals surface area (Å²) in [7, 11) is 7.85. The molecule has 58 heavy (non-hydrogen) atoms. The largest absolute Gasteiger partial charge is 0.504 e. The Bertz CT molecular complexity index is 2570. The molecule has 4 heterocycles. The van der Waals surface area contributed by atoms with Crippen molar-refractivity contribution in [3.8, 4) is 34.1 Å². The Kier molecular flexibility index (Phi) is 7.25. The summed E-state index contributed by atoms with van der Waals surface area (Å²) in [5.41, 5.74) is 13.7. The third-order valence-corrected chi connectivity index (χ3v) is 15.8. The highest BCUT2D eigenvalue weighted by atomic mass is 16.5. The molecule has 0 saturated carbocycles. The molecule has 0 amide bonds. The molecule has 2 fully saturated rings. The Morgan fingerprint density at radius 2 is 0.948 bits per heavy atom. The van der Waals surface area contributed by atoms with Gasteiger partial charge in [0.25, 0.3) is 0 Å². The van der Waals surface area contributed by atoms with Gasteiger partial charge in [0.2, 0.25) is 0 Å². The van der Waals surface area contributed by atoms with Crippen molar-refractivity contribution in [1.82, 2.24) is 29.7 Å². The molecule has 0 spiro atoms. The van der Waals surface area contributed by atoms with Crippen LogP contribution in [0.5, 0.6) is 23.0 Å². The monoisotopic (exact) mass is 772 g/mol. The van der Waals surface area contributed by atoms with Gasteiger partial charge in [0.15, 0.2) is 23.0 Å². The average molecular weight is 773 g/mol. The van der Waals surface area contributed by atoms with Crippen molar-refractivity contribution in [3.05, 3.63) is 106 Å². The van der Waals surface area contributed by atoms with Gasteiger partial charge in [0.1, 0.15) is 0 Å². The second kappa shape index (κ2) is 12.1. The number of aromatic hydroxyl groups is 2. The van der Waals surface area contributed by atoms with Crippen LogP contribution in [0.25, 0.3) is 33.2 Å². The maximum absolute atomic E-state index is 12.4. The van der Waals surface area contributed by atoms with Crippen molar-refractivity contribution in [2.75, 3.05) is 41.4 Å². The van der Waals surface area contributed by atoms with Crippen LogP contribution in [0.1, 0.15) is 57.9 Å². The standard InChI is InChI=1S/C48H48N6O4/c1-53-15-13-47-23-37-35(49-31-9-5-7-11-33(31)51-37)21-29(47)39(53)17-27-25(19-41(57-3)45(55)43(27)47)26-20-42(58-4)46(56)44-28(26)18-40-30-22-36-38(24-48(30,44)14-16-54(40)2)52-34-12-8-6-10-32(34)50-36/h5-12,19-20,29-30,39-40,55-56H,13-18,21-24H2,1-4H3/t29-,30-,39+,40+,47-,48-/m1/s1. The van der Waals surface area contributed by atoms with Crippen LogP contribution in [-0.2, 0) is 49.4 Å². The molecule has 0 radical (unpaired) electrons. The van der Waals surface area contributed by atoms with E-state index in [1.165, 1.54) is 11.1 Å². The van der Waals surface area contributed by atoms with Gasteiger partial charge in [-0.25, -0.2) is 19.9 Å². The van der Waals surface area contributed by atoms with Gasteiger partial charge in [0, 0.05) is 46.9 Å². The maximum atomic E-state index is 12.4. The Morgan fingerprint density at radius 3 is 1.33 bits per heavy atom. The lowest BCUT2D eigenvalue weighted by molar-refractivity contribution is 0.0207. The van der Waals surface area contributed by atoms with E-state index in [1.807, 2.05) is 24.3 Å². The van der Waals surface area contributed by atoms with Crippen molar-refractivity contribution in [2.24, 2.45) is 11.8 Å². The number of benzene rings is 4. The number of aromatic nitrogens is 4. The molecule has 10 heteroatoms. The maximum Gasteiger partial charge on any atom is 0.161 e. The number of fused-ring (bicyclic) bond motifs is 6. The number of piperidine rings is 2. The van der Waals surface area contributed by atoms with Crippen molar-refractivity contribution in [2.45, 2.75) is 74.3 Å². The third kappa shape index (κ3) is 4.50. The second-order valence-corrected chi connectivity index (χ2v) is 18.2. The molecule has 4 bridgehead atoms. The minimum absolute atomic E-state index is 0.246. The van der Waals surface area contributed by atoms with Crippen LogP contribution in [0.15, 0.2) is 60.7 Å². The van der Waals surface area contributed by atoms with Gasteiger partial charge in [-0.3, -0.25) is 0 Å². The van der Waals surface area contributed by atoms with Crippen LogP contribution in [0.4, 0.5) is 0 Å². The average Bonchev–Trinajstić information content (AvgIpc) is 3.23. The zero-order chi connectivity index (χ0) is 39.2. The van der Waals surface area contributed by atoms with E-state index >= 15 is 0 Å². The van der Waals surface area contributed by atoms with Gasteiger partial charge < -0.3 is 29.5 Å². The summed E-state index contributed by atoms with van der Waals surface area (Å²) in [6, 6.07) is 21.0. The van der Waals surface area contributed by atoms with Crippen LogP contribution in [0.3, 0.4) is 0 Å². The fourth-order valence-corrected chi connectivity index (χ4v) is 13.2. The zero-order valence-electron chi connectivity index (χ0n) is 33.5. The van der Waals surface area contributed by atoms with Crippen LogP contribution in [0, 0.1) is 11.8 Å². The van der Waals surface area contributed by atoms with Gasteiger partial charge in [-0.2, -0.15) is 0 Å². The lowest BCUT2D eigenvalue weighted by Crippen LogP contribution is -2.62. The molecule has 4 aromatic carbocycles. The summed E-state index contributed by atoms with van der Waals surface area (Å²) in [6.07, 6.45) is 6.42. The van der Waals surface area contributed by atoms with E-state index < -0.39 is 0 Å². The number of hydrogen-bond acceptors (Lipinski definition) is 10. The third-order valence-electron chi connectivity index (χ3n) is 15.8. The molecule has 2 aromatic heterocycles. The molecular weight excluding hydrogens is 725 g/mol. The topological polar surface area (TPSA) is 117 Å². The normalized spacial score (nSPS) is 28.1. The molecular formula is C48H48N6O4. The van der Waals surface area contributed by atoms with Gasteiger partial charge in [-0.05, 0) is 136 Å². The summed E-state index contributed by atoms with van der Waals surface area (Å²) < 4.78 is 12.2. The molecule has 6 atom stereocenters. The van der Waals surface area contributed by atoms with Gasteiger partial charge in [-0.15, -0.1) is 0 Å². The summed E-state index contributed by atoms with van der Waals surface area (Å²) >= 11 is 0. The van der Waals surface area contributed by atoms with Crippen molar-refractivity contribution >= 4 is 22.1 Å². The number of rotatable bonds is 3. The van der Waals surface area contributed by atoms with Crippen LogP contribution < -0.4 is 9.47 Å². The summed E-state index contributed by atoms with van der Waals surface area (Å²) in [5, 5.41) is 24.9. The van der Waals surface area contributed by atoms with Crippen LogP contribution in [0.2, 0.25) is 0 Å². The molecule has 6 aromatic rings. The predicted molar refractivity (Wildman–Crippen MR) is 222 cm³/mol. The number of likely N-dealkylation sites (tertiary alicyclic amines) is 2. The molecule has 0 unspecified atom stereocenters. The summed E-state index contributed by atoms with van der Waals surface area (Å²) in [4.78, 5) is 25.9.